The van der Waals surface area contributed by atoms with Crippen LogP contribution in [-0.4, -0.2) is 37.1 Å². The third kappa shape index (κ3) is 3.37. The Balaban J connectivity index is 1.90. The van der Waals surface area contributed by atoms with Gasteiger partial charge < -0.3 is 16.0 Å². The maximum absolute atomic E-state index is 6.13. The van der Waals surface area contributed by atoms with Crippen molar-refractivity contribution in [2.75, 3.05) is 31.5 Å². The van der Waals surface area contributed by atoms with E-state index in [1.165, 1.54) is 18.5 Å². The molecule has 3 nitrogen and oxygen atoms in total. The maximum atomic E-state index is 6.13. The molecule has 4 heteroatoms. The van der Waals surface area contributed by atoms with Gasteiger partial charge >= 0.3 is 0 Å². The highest BCUT2D eigenvalue weighted by Crippen LogP contribution is 2.25. The first-order valence-corrected chi connectivity index (χ1v) is 7.02. The number of benzene rings is 1. The molecule has 0 saturated carbocycles. The molecule has 0 radical (unpaired) electrons. The Bertz CT molecular complexity index is 387. The van der Waals surface area contributed by atoms with Crippen LogP contribution in [0.3, 0.4) is 0 Å². The van der Waals surface area contributed by atoms with Crippen LogP contribution in [0.2, 0.25) is 5.02 Å². The Morgan fingerprint density at radius 2 is 2.11 bits per heavy atom. The molecule has 100 valence electrons. The van der Waals surface area contributed by atoms with Gasteiger partial charge in [0, 0.05) is 42.9 Å². The van der Waals surface area contributed by atoms with Crippen LogP contribution in [0.1, 0.15) is 18.4 Å². The summed E-state index contributed by atoms with van der Waals surface area (Å²) in [4.78, 5) is 2.43. The molecule has 2 rings (SSSR count). The Labute approximate surface area is 114 Å². The SMILES string of the molecule is Cc1c(Cl)cccc1NC1CCN(CCN)CC1. The summed E-state index contributed by atoms with van der Waals surface area (Å²) in [6.07, 6.45) is 2.35. The van der Waals surface area contributed by atoms with Crippen molar-refractivity contribution in [2.45, 2.75) is 25.8 Å². The highest BCUT2D eigenvalue weighted by Gasteiger charge is 2.18. The van der Waals surface area contributed by atoms with Crippen LogP contribution in [-0.2, 0) is 0 Å². The Morgan fingerprint density at radius 1 is 1.39 bits per heavy atom. The number of hydrogen-bond acceptors (Lipinski definition) is 3. The third-order valence-corrected chi connectivity index (χ3v) is 4.07. The first-order valence-electron chi connectivity index (χ1n) is 6.65. The second-order valence-corrected chi connectivity index (χ2v) is 5.37. The molecule has 0 amide bonds. The quantitative estimate of drug-likeness (QED) is 0.881. The van der Waals surface area contributed by atoms with Gasteiger partial charge in [0.15, 0.2) is 0 Å². The second kappa shape index (κ2) is 6.41. The van der Waals surface area contributed by atoms with Crippen LogP contribution in [0.25, 0.3) is 0 Å². The van der Waals surface area contributed by atoms with E-state index in [0.717, 1.165) is 36.8 Å². The average molecular weight is 268 g/mol. The summed E-state index contributed by atoms with van der Waals surface area (Å²) in [5, 5.41) is 4.44. The van der Waals surface area contributed by atoms with Crippen molar-refractivity contribution in [3.63, 3.8) is 0 Å². The van der Waals surface area contributed by atoms with Crippen molar-refractivity contribution < 1.29 is 0 Å². The summed E-state index contributed by atoms with van der Waals surface area (Å²) in [6.45, 7) is 6.10. The van der Waals surface area contributed by atoms with Crippen LogP contribution in [0.4, 0.5) is 5.69 Å². The minimum absolute atomic E-state index is 0.552. The summed E-state index contributed by atoms with van der Waals surface area (Å²) >= 11 is 6.13. The first-order chi connectivity index (χ1) is 8.70. The molecule has 0 unspecified atom stereocenters. The minimum Gasteiger partial charge on any atom is -0.382 e. The third-order valence-electron chi connectivity index (χ3n) is 3.66. The lowest BCUT2D eigenvalue weighted by Crippen LogP contribution is -2.41. The van der Waals surface area contributed by atoms with Gasteiger partial charge in [0.1, 0.15) is 0 Å². The van der Waals surface area contributed by atoms with Gasteiger partial charge in [-0.1, -0.05) is 17.7 Å². The van der Waals surface area contributed by atoms with E-state index in [1.54, 1.807) is 0 Å². The Hall–Kier alpha value is -0.770. The number of piperidine rings is 1. The highest BCUT2D eigenvalue weighted by atomic mass is 35.5. The number of hydrogen-bond donors (Lipinski definition) is 2. The fourth-order valence-electron chi connectivity index (χ4n) is 2.47. The zero-order chi connectivity index (χ0) is 13.0. The zero-order valence-corrected chi connectivity index (χ0v) is 11.7. The zero-order valence-electron chi connectivity index (χ0n) is 11.0. The summed E-state index contributed by atoms with van der Waals surface area (Å²) in [5.41, 5.74) is 7.89. The normalized spacial score (nSPS) is 17.9. The number of anilines is 1. The predicted octanol–water partition coefficient (Wildman–Crippen LogP) is 2.48. The van der Waals surface area contributed by atoms with E-state index in [1.807, 2.05) is 12.1 Å². The molecule has 3 N–H and O–H groups in total. The van der Waals surface area contributed by atoms with Crippen molar-refractivity contribution >= 4 is 17.3 Å². The molecular formula is C14H22ClN3. The van der Waals surface area contributed by atoms with E-state index < -0.39 is 0 Å². The molecule has 0 aliphatic carbocycles. The predicted molar refractivity (Wildman–Crippen MR) is 78.3 cm³/mol. The molecule has 0 bridgehead atoms. The minimum atomic E-state index is 0.552. The van der Waals surface area contributed by atoms with E-state index >= 15 is 0 Å². The van der Waals surface area contributed by atoms with E-state index in [-0.39, 0.29) is 0 Å². The lowest BCUT2D eigenvalue weighted by Gasteiger charge is -2.32. The van der Waals surface area contributed by atoms with Gasteiger partial charge in [-0.25, -0.2) is 0 Å². The number of rotatable bonds is 4. The van der Waals surface area contributed by atoms with Crippen LogP contribution < -0.4 is 11.1 Å². The number of likely N-dealkylation sites (tertiary alicyclic amines) is 1. The molecule has 0 aromatic heterocycles. The van der Waals surface area contributed by atoms with Gasteiger partial charge in [-0.05, 0) is 37.5 Å². The lowest BCUT2D eigenvalue weighted by atomic mass is 10.0. The highest BCUT2D eigenvalue weighted by molar-refractivity contribution is 6.31. The second-order valence-electron chi connectivity index (χ2n) is 4.96. The van der Waals surface area contributed by atoms with Crippen LogP contribution >= 0.6 is 11.6 Å². The fourth-order valence-corrected chi connectivity index (χ4v) is 2.64. The standard InChI is InChI=1S/C14H22ClN3/c1-11-13(15)3-2-4-14(11)17-12-5-8-18(9-6-12)10-7-16/h2-4,12,17H,5-10,16H2,1H3. The van der Waals surface area contributed by atoms with E-state index in [0.29, 0.717) is 6.04 Å². The summed E-state index contributed by atoms with van der Waals surface area (Å²) in [5.74, 6) is 0. The fraction of sp³-hybridized carbons (Fsp3) is 0.571. The smallest absolute Gasteiger partial charge is 0.0455 e. The van der Waals surface area contributed by atoms with E-state index in [9.17, 15) is 0 Å². The number of nitrogens with two attached hydrogens (primary N) is 1. The van der Waals surface area contributed by atoms with Gasteiger partial charge in [-0.3, -0.25) is 0 Å². The topological polar surface area (TPSA) is 41.3 Å². The van der Waals surface area contributed by atoms with E-state index in [4.69, 9.17) is 17.3 Å². The van der Waals surface area contributed by atoms with E-state index in [2.05, 4.69) is 23.2 Å². The molecule has 18 heavy (non-hydrogen) atoms. The van der Waals surface area contributed by atoms with Gasteiger partial charge in [-0.2, -0.15) is 0 Å². The average Bonchev–Trinajstić information content (AvgIpc) is 2.38. The van der Waals surface area contributed by atoms with Crippen LogP contribution in [0.5, 0.6) is 0 Å². The Kier molecular flexibility index (Phi) is 4.87. The maximum Gasteiger partial charge on any atom is 0.0455 e. The molecule has 0 spiro atoms. The van der Waals surface area contributed by atoms with Crippen LogP contribution in [0.15, 0.2) is 18.2 Å². The summed E-state index contributed by atoms with van der Waals surface area (Å²) in [7, 11) is 0. The monoisotopic (exact) mass is 267 g/mol. The number of nitrogens with one attached hydrogen (secondary N) is 1. The van der Waals surface area contributed by atoms with Crippen molar-refractivity contribution in [1.82, 2.24) is 4.90 Å². The molecule has 0 atom stereocenters. The molecule has 1 aliphatic rings. The number of nitrogens with zero attached hydrogens (tertiary/aromatic N) is 1. The van der Waals surface area contributed by atoms with Gasteiger partial charge in [0.25, 0.3) is 0 Å². The molecule has 1 fully saturated rings. The van der Waals surface area contributed by atoms with Crippen molar-refractivity contribution in [1.29, 1.82) is 0 Å². The Morgan fingerprint density at radius 3 is 2.78 bits per heavy atom. The van der Waals surface area contributed by atoms with Gasteiger partial charge in [0.05, 0.1) is 0 Å². The first kappa shape index (κ1) is 13.7. The summed E-state index contributed by atoms with van der Waals surface area (Å²) in [6, 6.07) is 6.59. The van der Waals surface area contributed by atoms with Crippen LogP contribution in [0, 0.1) is 6.92 Å². The largest absolute Gasteiger partial charge is 0.382 e. The summed E-state index contributed by atoms with van der Waals surface area (Å²) < 4.78 is 0. The molecule has 1 aromatic carbocycles. The molecule has 1 aliphatic heterocycles. The number of halogens is 1. The lowest BCUT2D eigenvalue weighted by molar-refractivity contribution is 0.224. The van der Waals surface area contributed by atoms with Crippen molar-refractivity contribution in [3.8, 4) is 0 Å². The molecule has 1 heterocycles. The molecular weight excluding hydrogens is 246 g/mol. The van der Waals surface area contributed by atoms with Crippen molar-refractivity contribution in [2.24, 2.45) is 5.73 Å². The molecule has 1 saturated heterocycles. The van der Waals surface area contributed by atoms with Crippen molar-refractivity contribution in [3.05, 3.63) is 28.8 Å². The van der Waals surface area contributed by atoms with Gasteiger partial charge in [0.2, 0.25) is 0 Å². The van der Waals surface area contributed by atoms with Gasteiger partial charge in [-0.15, -0.1) is 0 Å². The molecule has 1 aromatic rings.